The summed E-state index contributed by atoms with van der Waals surface area (Å²) in [5.41, 5.74) is 1.15. The molecule has 0 saturated carbocycles. The standard InChI is InChI=1S/C21H15FN8O/c1-12(20-29-30-21(31-20)14-6-2-3-7-16(14)22)27-19-15(10-25-11-26-19)18(24)17-8-4-5-13(9-23)28-17/h2-8,10-12,24H,1H3,(H,25,26,27). The van der Waals surface area contributed by atoms with Gasteiger partial charge in [0.25, 0.3) is 5.89 Å². The van der Waals surface area contributed by atoms with E-state index in [-0.39, 0.29) is 28.8 Å². The van der Waals surface area contributed by atoms with Gasteiger partial charge in [0.05, 0.1) is 22.5 Å². The summed E-state index contributed by atoms with van der Waals surface area (Å²) in [5.74, 6) is 0.174. The zero-order chi connectivity index (χ0) is 21.8. The number of rotatable bonds is 6. The maximum atomic E-state index is 14.0. The molecule has 152 valence electrons. The van der Waals surface area contributed by atoms with Gasteiger partial charge in [0.15, 0.2) is 0 Å². The first kappa shape index (κ1) is 19.8. The molecular formula is C21H15FN8O. The number of nitriles is 1. The second-order valence-electron chi connectivity index (χ2n) is 6.47. The molecule has 0 saturated heterocycles. The van der Waals surface area contributed by atoms with E-state index >= 15 is 0 Å². The van der Waals surface area contributed by atoms with Crippen molar-refractivity contribution in [3.05, 3.63) is 83.6 Å². The van der Waals surface area contributed by atoms with Gasteiger partial charge in [0.2, 0.25) is 5.89 Å². The molecule has 0 fully saturated rings. The number of anilines is 1. The highest BCUT2D eigenvalue weighted by atomic mass is 19.1. The van der Waals surface area contributed by atoms with Crippen LogP contribution in [0.5, 0.6) is 0 Å². The summed E-state index contributed by atoms with van der Waals surface area (Å²) >= 11 is 0. The number of benzene rings is 1. The Labute approximate surface area is 176 Å². The Bertz CT molecular complexity index is 1300. The fraction of sp³-hybridized carbons (Fsp3) is 0.0952. The van der Waals surface area contributed by atoms with E-state index in [0.29, 0.717) is 17.1 Å². The Morgan fingerprint density at radius 1 is 1.19 bits per heavy atom. The summed E-state index contributed by atoms with van der Waals surface area (Å²) in [6.45, 7) is 1.77. The van der Waals surface area contributed by atoms with Crippen LogP contribution >= 0.6 is 0 Å². The molecule has 1 unspecified atom stereocenters. The van der Waals surface area contributed by atoms with E-state index in [2.05, 4.69) is 30.5 Å². The van der Waals surface area contributed by atoms with Crippen LogP contribution < -0.4 is 5.32 Å². The average Bonchev–Trinajstić information content (AvgIpc) is 3.29. The van der Waals surface area contributed by atoms with Crippen molar-refractivity contribution in [2.45, 2.75) is 13.0 Å². The van der Waals surface area contributed by atoms with Crippen molar-refractivity contribution in [2.75, 3.05) is 5.32 Å². The van der Waals surface area contributed by atoms with Gasteiger partial charge in [-0.1, -0.05) is 18.2 Å². The molecule has 2 N–H and O–H groups in total. The van der Waals surface area contributed by atoms with Crippen molar-refractivity contribution < 1.29 is 8.81 Å². The van der Waals surface area contributed by atoms with Crippen LogP contribution in [-0.2, 0) is 0 Å². The number of aromatic nitrogens is 5. The second-order valence-corrected chi connectivity index (χ2v) is 6.47. The van der Waals surface area contributed by atoms with Crippen LogP contribution in [0.1, 0.15) is 35.8 Å². The Morgan fingerprint density at radius 3 is 2.84 bits per heavy atom. The molecule has 0 aliphatic rings. The summed E-state index contributed by atoms with van der Waals surface area (Å²) in [6.07, 6.45) is 2.81. The Morgan fingerprint density at radius 2 is 2.03 bits per heavy atom. The predicted molar refractivity (Wildman–Crippen MR) is 109 cm³/mol. The van der Waals surface area contributed by atoms with E-state index in [0.717, 1.165) is 0 Å². The molecule has 4 aromatic rings. The summed E-state index contributed by atoms with van der Waals surface area (Å²) in [4.78, 5) is 12.3. The number of hydrogen-bond donors (Lipinski definition) is 2. The minimum atomic E-state index is -0.493. The highest BCUT2D eigenvalue weighted by Crippen LogP contribution is 2.25. The molecule has 31 heavy (non-hydrogen) atoms. The lowest BCUT2D eigenvalue weighted by atomic mass is 10.1. The minimum absolute atomic E-state index is 0.0463. The third-order valence-corrected chi connectivity index (χ3v) is 4.37. The Kier molecular flexibility index (Phi) is 5.40. The largest absolute Gasteiger partial charge is 0.418 e. The highest BCUT2D eigenvalue weighted by molar-refractivity contribution is 6.12. The highest BCUT2D eigenvalue weighted by Gasteiger charge is 2.20. The lowest BCUT2D eigenvalue weighted by Gasteiger charge is -2.14. The van der Waals surface area contributed by atoms with E-state index in [4.69, 9.17) is 15.1 Å². The second kappa shape index (κ2) is 8.46. The average molecular weight is 414 g/mol. The smallest absolute Gasteiger partial charge is 0.250 e. The van der Waals surface area contributed by atoms with E-state index in [1.54, 1.807) is 43.3 Å². The number of nitrogens with zero attached hydrogens (tertiary/aromatic N) is 6. The molecule has 1 atom stereocenters. The SMILES string of the molecule is CC(Nc1ncncc1C(=N)c1cccc(C#N)n1)c1nnc(-c2ccccc2F)o1. The van der Waals surface area contributed by atoms with Gasteiger partial charge in [0, 0.05) is 6.20 Å². The first-order chi connectivity index (χ1) is 15.1. The zero-order valence-electron chi connectivity index (χ0n) is 16.2. The molecular weight excluding hydrogens is 399 g/mol. The molecule has 0 bridgehead atoms. The molecule has 0 aliphatic carbocycles. The molecule has 10 heteroatoms. The monoisotopic (exact) mass is 414 g/mol. The van der Waals surface area contributed by atoms with E-state index < -0.39 is 11.9 Å². The number of halogens is 1. The van der Waals surface area contributed by atoms with Crippen molar-refractivity contribution in [2.24, 2.45) is 0 Å². The van der Waals surface area contributed by atoms with Crippen molar-refractivity contribution in [3.63, 3.8) is 0 Å². The van der Waals surface area contributed by atoms with Gasteiger partial charge in [-0.05, 0) is 31.2 Å². The fourth-order valence-electron chi connectivity index (χ4n) is 2.82. The van der Waals surface area contributed by atoms with Crippen LogP contribution in [0.15, 0.2) is 59.4 Å². The van der Waals surface area contributed by atoms with Crippen molar-refractivity contribution >= 4 is 11.5 Å². The molecule has 3 heterocycles. The quantitative estimate of drug-likeness (QED) is 0.457. The van der Waals surface area contributed by atoms with Gasteiger partial charge in [-0.3, -0.25) is 5.41 Å². The molecule has 0 radical (unpaired) electrons. The Hall–Kier alpha value is -4.52. The molecule has 3 aromatic heterocycles. The normalized spacial score (nSPS) is 11.5. The van der Waals surface area contributed by atoms with Gasteiger partial charge in [-0.2, -0.15) is 5.26 Å². The molecule has 0 aliphatic heterocycles. The van der Waals surface area contributed by atoms with E-state index in [1.807, 2.05) is 6.07 Å². The van der Waals surface area contributed by atoms with E-state index in [1.165, 1.54) is 18.6 Å². The maximum absolute atomic E-state index is 14.0. The fourth-order valence-corrected chi connectivity index (χ4v) is 2.82. The van der Waals surface area contributed by atoms with Crippen LogP contribution in [0.25, 0.3) is 11.5 Å². The lowest BCUT2D eigenvalue weighted by molar-refractivity contribution is 0.481. The van der Waals surface area contributed by atoms with Crippen molar-refractivity contribution in [3.8, 4) is 17.5 Å². The third-order valence-electron chi connectivity index (χ3n) is 4.37. The topological polar surface area (TPSA) is 137 Å². The van der Waals surface area contributed by atoms with Gasteiger partial charge in [0.1, 0.15) is 35.8 Å². The number of nitrogens with one attached hydrogen (secondary N) is 2. The predicted octanol–water partition coefficient (Wildman–Crippen LogP) is 3.52. The van der Waals surface area contributed by atoms with E-state index in [9.17, 15) is 4.39 Å². The van der Waals surface area contributed by atoms with Gasteiger partial charge in [-0.15, -0.1) is 10.2 Å². The first-order valence-electron chi connectivity index (χ1n) is 9.18. The minimum Gasteiger partial charge on any atom is -0.418 e. The van der Waals surface area contributed by atoms with Crippen molar-refractivity contribution in [1.29, 1.82) is 10.7 Å². The van der Waals surface area contributed by atoms with Crippen LogP contribution in [-0.4, -0.2) is 30.9 Å². The van der Waals surface area contributed by atoms with Gasteiger partial charge in [-0.25, -0.2) is 19.3 Å². The number of hydrogen-bond acceptors (Lipinski definition) is 9. The Balaban J connectivity index is 1.59. The molecule has 0 spiro atoms. The molecule has 1 aromatic carbocycles. The van der Waals surface area contributed by atoms with Crippen molar-refractivity contribution in [1.82, 2.24) is 25.1 Å². The summed E-state index contributed by atoms with van der Waals surface area (Å²) in [7, 11) is 0. The van der Waals surface area contributed by atoms with Crippen LogP contribution in [0, 0.1) is 22.6 Å². The number of pyridine rings is 1. The molecule has 9 nitrogen and oxygen atoms in total. The summed E-state index contributed by atoms with van der Waals surface area (Å²) < 4.78 is 19.6. The maximum Gasteiger partial charge on any atom is 0.250 e. The zero-order valence-corrected chi connectivity index (χ0v) is 16.2. The summed E-state index contributed by atoms with van der Waals surface area (Å²) in [6, 6.07) is 12.4. The van der Waals surface area contributed by atoms with Crippen LogP contribution in [0.2, 0.25) is 0 Å². The van der Waals surface area contributed by atoms with Gasteiger partial charge < -0.3 is 9.73 Å². The molecule has 0 amide bonds. The van der Waals surface area contributed by atoms with Crippen LogP contribution in [0.4, 0.5) is 10.2 Å². The third kappa shape index (κ3) is 4.11. The summed E-state index contributed by atoms with van der Waals surface area (Å²) in [5, 5.41) is 28.6. The molecule has 4 rings (SSSR count). The van der Waals surface area contributed by atoms with Crippen LogP contribution in [0.3, 0.4) is 0 Å². The lowest BCUT2D eigenvalue weighted by Crippen LogP contribution is -2.14. The van der Waals surface area contributed by atoms with Gasteiger partial charge >= 0.3 is 0 Å². The first-order valence-corrected chi connectivity index (χ1v) is 9.18.